The topological polar surface area (TPSA) is 96.4 Å². The number of nitrogens with zero attached hydrogens (tertiary/aromatic N) is 4. The van der Waals surface area contributed by atoms with Gasteiger partial charge in [-0.15, -0.1) is 11.3 Å². The van der Waals surface area contributed by atoms with Crippen LogP contribution in [0.25, 0.3) is 0 Å². The summed E-state index contributed by atoms with van der Waals surface area (Å²) in [6.45, 7) is 4.82. The van der Waals surface area contributed by atoms with Crippen LogP contribution in [0.2, 0.25) is 0 Å². The Morgan fingerprint density at radius 3 is 2.97 bits per heavy atom. The van der Waals surface area contributed by atoms with Gasteiger partial charge in [-0.05, 0) is 19.9 Å². The Hall–Kier alpha value is -2.30. The maximum atomic E-state index is 12.5. The Morgan fingerprint density at radius 1 is 1.43 bits per heavy atom. The van der Waals surface area contributed by atoms with Crippen LogP contribution in [0, 0.1) is 5.92 Å². The molecule has 3 aliphatic rings. The van der Waals surface area contributed by atoms with Crippen molar-refractivity contribution >= 4 is 29.0 Å². The lowest BCUT2D eigenvalue weighted by Gasteiger charge is -2.42. The minimum absolute atomic E-state index is 0.117. The van der Waals surface area contributed by atoms with E-state index in [1.165, 1.54) is 11.3 Å². The Labute approximate surface area is 179 Å². The lowest BCUT2D eigenvalue weighted by molar-refractivity contribution is -0.138. The maximum absolute atomic E-state index is 12.5. The van der Waals surface area contributed by atoms with Gasteiger partial charge in [0.1, 0.15) is 5.60 Å². The molecule has 1 aromatic rings. The molecule has 4 rings (SSSR count). The fourth-order valence-electron chi connectivity index (χ4n) is 4.54. The molecule has 4 heterocycles. The summed E-state index contributed by atoms with van der Waals surface area (Å²) in [5.41, 5.74) is 0.789. The first-order chi connectivity index (χ1) is 14.5. The molecule has 30 heavy (non-hydrogen) atoms. The molecule has 3 aliphatic heterocycles. The highest BCUT2D eigenvalue weighted by molar-refractivity contribution is 7.11. The molecule has 2 unspecified atom stereocenters. The largest absolute Gasteiger partial charge is 0.463 e. The van der Waals surface area contributed by atoms with Crippen LogP contribution in [0.5, 0.6) is 0 Å². The number of thiazole rings is 1. The summed E-state index contributed by atoms with van der Waals surface area (Å²) in [5, 5.41) is 5.99. The van der Waals surface area contributed by atoms with E-state index in [-0.39, 0.29) is 24.3 Å². The van der Waals surface area contributed by atoms with Crippen LogP contribution in [-0.2, 0) is 19.1 Å². The number of rotatable bonds is 6. The molecule has 2 fully saturated rings. The standard InChI is InChI=1S/C20H27N5O4S/c1-4-29-19(27)13-9-22-16(17-21-6-8-30-17)23-15(13)10-25-7-5-14-18(26)24(2)11-20(14,12-25)28-3/h6,8,14H,4-5,7,9-12H2,1-3H3,(H,22,23). The number of aromatic nitrogens is 1. The number of ether oxygens (including phenoxy) is 2. The summed E-state index contributed by atoms with van der Waals surface area (Å²) in [7, 11) is 3.50. The molecule has 9 nitrogen and oxygen atoms in total. The van der Waals surface area contributed by atoms with Gasteiger partial charge < -0.3 is 19.7 Å². The van der Waals surface area contributed by atoms with E-state index in [0.29, 0.717) is 37.6 Å². The molecule has 1 amide bonds. The number of aliphatic imine (C=N–C) groups is 1. The van der Waals surface area contributed by atoms with Crippen LogP contribution in [0.15, 0.2) is 27.8 Å². The molecule has 1 aromatic heterocycles. The molecule has 0 spiro atoms. The van der Waals surface area contributed by atoms with Gasteiger partial charge >= 0.3 is 5.97 Å². The second-order valence-corrected chi connectivity index (χ2v) is 8.71. The number of nitrogens with one attached hydrogen (secondary N) is 1. The first-order valence-corrected chi connectivity index (χ1v) is 11.0. The van der Waals surface area contributed by atoms with Crippen molar-refractivity contribution in [2.75, 3.05) is 53.5 Å². The van der Waals surface area contributed by atoms with Crippen LogP contribution >= 0.6 is 11.3 Å². The smallest absolute Gasteiger partial charge is 0.337 e. The van der Waals surface area contributed by atoms with E-state index in [4.69, 9.17) is 9.47 Å². The van der Waals surface area contributed by atoms with E-state index in [2.05, 4.69) is 20.2 Å². The first-order valence-electron chi connectivity index (χ1n) is 10.1. The minimum atomic E-state index is -0.518. The van der Waals surface area contributed by atoms with Crippen LogP contribution in [0.3, 0.4) is 0 Å². The third-order valence-corrected chi connectivity index (χ3v) is 6.79. The molecular formula is C20H27N5O4S. The van der Waals surface area contributed by atoms with E-state index in [1.54, 1.807) is 25.1 Å². The molecule has 162 valence electrons. The number of amidine groups is 1. The zero-order valence-corrected chi connectivity index (χ0v) is 18.3. The molecule has 10 heteroatoms. The number of carbonyl (C=O) groups is 2. The average molecular weight is 434 g/mol. The Balaban J connectivity index is 1.55. The summed E-state index contributed by atoms with van der Waals surface area (Å²) in [6.07, 6.45) is 2.46. The van der Waals surface area contributed by atoms with Gasteiger partial charge in [-0.1, -0.05) is 0 Å². The third kappa shape index (κ3) is 3.75. The number of likely N-dealkylation sites (tertiary alicyclic amines) is 2. The normalized spacial score (nSPS) is 27.0. The fraction of sp³-hybridized carbons (Fsp3) is 0.600. The summed E-state index contributed by atoms with van der Waals surface area (Å²) in [5.74, 6) is 0.347. The van der Waals surface area contributed by atoms with Gasteiger partial charge in [-0.2, -0.15) is 0 Å². The lowest BCUT2D eigenvalue weighted by atomic mass is 9.83. The SMILES string of the molecule is CCOC(=O)C1=C(CN2CCC3C(=O)N(C)CC3(OC)C2)NC(c2nccs2)=NC1. The Kier molecular flexibility index (Phi) is 5.90. The van der Waals surface area contributed by atoms with Crippen LogP contribution in [0.4, 0.5) is 0 Å². The Morgan fingerprint density at radius 2 is 2.27 bits per heavy atom. The number of methoxy groups -OCH3 is 1. The molecule has 0 aliphatic carbocycles. The second-order valence-electron chi connectivity index (χ2n) is 7.82. The van der Waals surface area contributed by atoms with Crippen molar-refractivity contribution < 1.29 is 19.1 Å². The number of carbonyl (C=O) groups excluding carboxylic acids is 2. The number of hydrogen-bond acceptors (Lipinski definition) is 9. The molecule has 0 saturated carbocycles. The van der Waals surface area contributed by atoms with Crippen LogP contribution < -0.4 is 5.32 Å². The van der Waals surface area contributed by atoms with Crippen molar-refractivity contribution in [3.63, 3.8) is 0 Å². The number of fused-ring (bicyclic) bond motifs is 1. The summed E-state index contributed by atoms with van der Waals surface area (Å²) in [6, 6.07) is 0. The quantitative estimate of drug-likeness (QED) is 0.652. The zero-order valence-electron chi connectivity index (χ0n) is 17.5. The monoisotopic (exact) mass is 433 g/mol. The van der Waals surface area contributed by atoms with Crippen molar-refractivity contribution in [3.05, 3.63) is 27.9 Å². The average Bonchev–Trinajstić information content (AvgIpc) is 3.36. The van der Waals surface area contributed by atoms with Crippen LogP contribution in [-0.4, -0.2) is 91.6 Å². The third-order valence-electron chi connectivity index (χ3n) is 6.01. The number of likely N-dealkylation sites (N-methyl/N-ethyl adjacent to an activating group) is 1. The van der Waals surface area contributed by atoms with Gasteiger partial charge in [0.25, 0.3) is 0 Å². The van der Waals surface area contributed by atoms with Gasteiger partial charge in [0.2, 0.25) is 5.91 Å². The van der Waals surface area contributed by atoms with Gasteiger partial charge in [0, 0.05) is 44.5 Å². The molecular weight excluding hydrogens is 406 g/mol. The minimum Gasteiger partial charge on any atom is -0.463 e. The van der Waals surface area contributed by atoms with E-state index in [0.717, 1.165) is 23.7 Å². The van der Waals surface area contributed by atoms with Crippen molar-refractivity contribution in [1.82, 2.24) is 20.1 Å². The predicted octanol–water partition coefficient (Wildman–Crippen LogP) is 0.489. The molecule has 0 aromatic carbocycles. The summed E-state index contributed by atoms with van der Waals surface area (Å²) in [4.78, 5) is 37.9. The number of hydrogen-bond donors (Lipinski definition) is 1. The van der Waals surface area contributed by atoms with Gasteiger partial charge in [-0.25, -0.2) is 9.78 Å². The van der Waals surface area contributed by atoms with E-state index in [9.17, 15) is 9.59 Å². The number of amides is 1. The van der Waals surface area contributed by atoms with Crippen molar-refractivity contribution in [3.8, 4) is 0 Å². The second kappa shape index (κ2) is 8.44. The van der Waals surface area contributed by atoms with E-state index in [1.807, 2.05) is 12.4 Å². The highest BCUT2D eigenvalue weighted by Crippen LogP contribution is 2.38. The molecule has 0 bridgehead atoms. The number of esters is 1. The number of piperidine rings is 1. The van der Waals surface area contributed by atoms with Crippen molar-refractivity contribution in [2.24, 2.45) is 10.9 Å². The zero-order chi connectivity index (χ0) is 21.3. The molecule has 0 radical (unpaired) electrons. The fourth-order valence-corrected chi connectivity index (χ4v) is 5.14. The highest BCUT2D eigenvalue weighted by atomic mass is 32.1. The van der Waals surface area contributed by atoms with Gasteiger partial charge in [0.05, 0.1) is 31.2 Å². The lowest BCUT2D eigenvalue weighted by Crippen LogP contribution is -2.56. The molecule has 2 atom stereocenters. The van der Waals surface area contributed by atoms with E-state index < -0.39 is 5.60 Å². The van der Waals surface area contributed by atoms with Crippen LogP contribution in [0.1, 0.15) is 18.4 Å². The first kappa shape index (κ1) is 21.0. The predicted molar refractivity (Wildman–Crippen MR) is 112 cm³/mol. The molecule has 1 N–H and O–H groups in total. The van der Waals surface area contributed by atoms with Gasteiger partial charge in [-0.3, -0.25) is 14.7 Å². The van der Waals surface area contributed by atoms with E-state index >= 15 is 0 Å². The highest BCUT2D eigenvalue weighted by Gasteiger charge is 2.54. The Bertz CT molecular complexity index is 884. The van der Waals surface area contributed by atoms with Crippen molar-refractivity contribution in [2.45, 2.75) is 18.9 Å². The summed E-state index contributed by atoms with van der Waals surface area (Å²) >= 11 is 1.49. The summed E-state index contributed by atoms with van der Waals surface area (Å²) < 4.78 is 11.1. The van der Waals surface area contributed by atoms with Gasteiger partial charge in [0.15, 0.2) is 10.8 Å². The van der Waals surface area contributed by atoms with Crippen molar-refractivity contribution in [1.29, 1.82) is 0 Å². The maximum Gasteiger partial charge on any atom is 0.337 e. The molecule has 2 saturated heterocycles.